The normalized spacial score (nSPS) is 13.2. The van der Waals surface area contributed by atoms with Crippen molar-refractivity contribution in [1.29, 1.82) is 0 Å². The van der Waals surface area contributed by atoms with Gasteiger partial charge in [0.15, 0.2) is 0 Å². The number of nitrogens with one attached hydrogen (secondary N) is 1. The zero-order valence-corrected chi connectivity index (χ0v) is 19.7. The molecule has 1 aromatic carbocycles. The predicted molar refractivity (Wildman–Crippen MR) is 119 cm³/mol. The van der Waals surface area contributed by atoms with Crippen molar-refractivity contribution in [2.24, 2.45) is 5.10 Å². The van der Waals surface area contributed by atoms with E-state index in [4.69, 9.17) is 9.47 Å². The average molecular weight is 490 g/mol. The minimum Gasteiger partial charge on any atom is -1.00 e. The summed E-state index contributed by atoms with van der Waals surface area (Å²) in [6.45, 7) is 5.15. The maximum absolute atomic E-state index is 5.81. The summed E-state index contributed by atoms with van der Waals surface area (Å²) in [4.78, 5) is 19.7. The number of aryl methyl sites for hydroxylation is 1. The molecule has 1 N–H and O–H groups in total. The zero-order valence-electron chi connectivity index (χ0n) is 18.2. The second kappa shape index (κ2) is 13.5. The highest BCUT2D eigenvalue weighted by Gasteiger charge is 2.17. The van der Waals surface area contributed by atoms with Gasteiger partial charge in [0.1, 0.15) is 0 Å². The number of hydrogen-bond donors (Lipinski definition) is 1. The first-order valence-electron chi connectivity index (χ1n) is 10.2. The van der Waals surface area contributed by atoms with Crippen molar-refractivity contribution in [2.45, 2.75) is 13.3 Å². The van der Waals surface area contributed by atoms with Crippen LogP contribution in [0.25, 0.3) is 0 Å². The predicted octanol–water partition coefficient (Wildman–Crippen LogP) is -3.51. The lowest BCUT2D eigenvalue weighted by molar-refractivity contribution is -0.00100. The second-order valence-corrected chi connectivity index (χ2v) is 7.04. The Morgan fingerprint density at radius 2 is 1.94 bits per heavy atom. The van der Waals surface area contributed by atoms with Gasteiger partial charge in [-0.1, -0.05) is 35.9 Å². The Kier molecular flexibility index (Phi) is 10.8. The number of pyridine rings is 1. The Morgan fingerprint density at radius 3 is 2.70 bits per heavy atom. The molecule has 11 heteroatoms. The highest BCUT2D eigenvalue weighted by atomic mass is 35.5. The lowest BCUT2D eigenvalue weighted by Crippen LogP contribution is -3.00. The number of ether oxygens (including phenoxy) is 2. The molecule has 9 nitrogen and oxygen atoms in total. The summed E-state index contributed by atoms with van der Waals surface area (Å²) >= 11 is 0. The molecule has 1 aliphatic heterocycles. The zero-order chi connectivity index (χ0) is 21.3. The van der Waals surface area contributed by atoms with Crippen molar-refractivity contribution in [1.82, 2.24) is 19.9 Å². The van der Waals surface area contributed by atoms with Crippen molar-refractivity contribution in [3.63, 3.8) is 0 Å². The molecule has 0 amide bonds. The molecule has 3 heterocycles. The molecule has 0 saturated carbocycles. The number of nitrogens with zero attached hydrogens (tertiary/aromatic N) is 6. The van der Waals surface area contributed by atoms with Gasteiger partial charge in [0.25, 0.3) is 5.95 Å². The third-order valence-corrected chi connectivity index (χ3v) is 4.63. The number of aromatic nitrogens is 4. The highest BCUT2D eigenvalue weighted by molar-refractivity contribution is 5.80. The smallest absolute Gasteiger partial charge is 0.323 e. The van der Waals surface area contributed by atoms with Gasteiger partial charge in [-0.3, -0.25) is 4.98 Å². The molecule has 0 bridgehead atoms. The van der Waals surface area contributed by atoms with E-state index in [1.165, 1.54) is 5.56 Å². The Hall–Kier alpha value is -3.01. The van der Waals surface area contributed by atoms with E-state index >= 15 is 0 Å². The van der Waals surface area contributed by atoms with Crippen LogP contribution in [0.3, 0.4) is 0 Å². The molecular formula is C22H25Cl2N7O2-2. The van der Waals surface area contributed by atoms with E-state index in [0.717, 1.165) is 11.3 Å². The summed E-state index contributed by atoms with van der Waals surface area (Å²) in [6, 6.07) is 14.1. The van der Waals surface area contributed by atoms with Crippen LogP contribution in [0.15, 0.2) is 53.8 Å². The van der Waals surface area contributed by atoms with Gasteiger partial charge < -0.3 is 39.2 Å². The largest absolute Gasteiger partial charge is 1.00 e. The molecule has 0 atom stereocenters. The van der Waals surface area contributed by atoms with Crippen LogP contribution in [-0.2, 0) is 11.2 Å². The standard InChI is InChI=1S/C22H25N7O2.2ClH/c1-17-5-4-6-18(15-17)16-24-28-20-25-21(29-10-13-30-14-11-29)27-22(26-20)31-12-8-19-7-2-3-9-23-19;;/h2-7,9,15-16H,8,10-14H2,1H3,(H,25,26,27,28);2*1H/p-2/b24-16+;;. The second-order valence-electron chi connectivity index (χ2n) is 7.04. The van der Waals surface area contributed by atoms with E-state index in [0.29, 0.717) is 51.2 Å². The maximum atomic E-state index is 5.81. The molecule has 4 rings (SSSR count). The van der Waals surface area contributed by atoms with Crippen molar-refractivity contribution in [3.8, 4) is 6.01 Å². The van der Waals surface area contributed by atoms with Crippen molar-refractivity contribution in [3.05, 3.63) is 65.5 Å². The third kappa shape index (κ3) is 8.12. The molecule has 1 fully saturated rings. The Balaban J connectivity index is 0.00000193. The van der Waals surface area contributed by atoms with Crippen LogP contribution >= 0.6 is 0 Å². The fraction of sp³-hybridized carbons (Fsp3) is 0.318. The summed E-state index contributed by atoms with van der Waals surface area (Å²) < 4.78 is 11.2. The van der Waals surface area contributed by atoms with Crippen LogP contribution in [0.5, 0.6) is 6.01 Å². The Labute approximate surface area is 205 Å². The number of hydrazone groups is 1. The van der Waals surface area contributed by atoms with Crippen LogP contribution in [0.4, 0.5) is 11.9 Å². The van der Waals surface area contributed by atoms with Gasteiger partial charge >= 0.3 is 6.01 Å². The minimum atomic E-state index is 0. The molecule has 3 aromatic rings. The van der Waals surface area contributed by atoms with E-state index in [9.17, 15) is 0 Å². The number of hydrogen-bond acceptors (Lipinski definition) is 9. The van der Waals surface area contributed by atoms with Gasteiger partial charge in [-0.25, -0.2) is 5.43 Å². The molecule has 0 radical (unpaired) electrons. The summed E-state index contributed by atoms with van der Waals surface area (Å²) in [5, 5.41) is 4.27. The maximum Gasteiger partial charge on any atom is 0.323 e. The molecule has 33 heavy (non-hydrogen) atoms. The number of anilines is 2. The summed E-state index contributed by atoms with van der Waals surface area (Å²) in [7, 11) is 0. The van der Waals surface area contributed by atoms with Gasteiger partial charge in [-0.2, -0.15) is 20.1 Å². The first-order chi connectivity index (χ1) is 15.3. The quantitative estimate of drug-likeness (QED) is 0.257. The highest BCUT2D eigenvalue weighted by Crippen LogP contribution is 2.16. The molecule has 1 saturated heterocycles. The van der Waals surface area contributed by atoms with E-state index in [1.54, 1.807) is 12.4 Å². The van der Waals surface area contributed by atoms with E-state index in [-0.39, 0.29) is 30.8 Å². The van der Waals surface area contributed by atoms with Gasteiger partial charge in [0.2, 0.25) is 5.95 Å². The van der Waals surface area contributed by atoms with Crippen LogP contribution < -0.4 is 39.9 Å². The van der Waals surface area contributed by atoms with E-state index < -0.39 is 0 Å². The van der Waals surface area contributed by atoms with E-state index in [1.807, 2.05) is 54.3 Å². The molecule has 176 valence electrons. The van der Waals surface area contributed by atoms with Crippen LogP contribution in [0.2, 0.25) is 0 Å². The first-order valence-corrected chi connectivity index (χ1v) is 10.2. The summed E-state index contributed by atoms with van der Waals surface area (Å²) in [5.74, 6) is 0.868. The fourth-order valence-electron chi connectivity index (χ4n) is 3.07. The number of benzene rings is 1. The van der Waals surface area contributed by atoms with Gasteiger partial charge in [-0.05, 0) is 24.6 Å². The molecular weight excluding hydrogens is 465 g/mol. The van der Waals surface area contributed by atoms with Crippen molar-refractivity contribution >= 4 is 18.1 Å². The van der Waals surface area contributed by atoms with Crippen molar-refractivity contribution < 1.29 is 34.3 Å². The number of halogens is 2. The van der Waals surface area contributed by atoms with Crippen molar-refractivity contribution in [2.75, 3.05) is 43.2 Å². The third-order valence-electron chi connectivity index (χ3n) is 4.63. The summed E-state index contributed by atoms with van der Waals surface area (Å²) in [6.07, 6.45) is 4.16. The van der Waals surface area contributed by atoms with Crippen LogP contribution in [0, 0.1) is 6.92 Å². The Morgan fingerprint density at radius 1 is 1.09 bits per heavy atom. The van der Waals surface area contributed by atoms with Crippen LogP contribution in [0.1, 0.15) is 16.8 Å². The van der Waals surface area contributed by atoms with Gasteiger partial charge in [0.05, 0.1) is 26.0 Å². The molecule has 0 unspecified atom stereocenters. The minimum absolute atomic E-state index is 0. The molecule has 1 aliphatic rings. The summed E-state index contributed by atoms with van der Waals surface area (Å²) in [5.41, 5.74) is 6.00. The van der Waals surface area contributed by atoms with Gasteiger partial charge in [-0.15, -0.1) is 0 Å². The SMILES string of the molecule is Cc1cccc(/C=N/Nc2nc(OCCc3ccccn3)nc(N3CCOCC3)n2)c1.[Cl-].[Cl-]. The Bertz CT molecular complexity index is 1020. The van der Waals surface area contributed by atoms with Gasteiger partial charge in [0, 0.05) is 31.4 Å². The average Bonchev–Trinajstić information content (AvgIpc) is 2.80. The molecule has 0 aliphatic carbocycles. The van der Waals surface area contributed by atoms with Crippen LogP contribution in [-0.4, -0.2) is 59.1 Å². The molecule has 2 aromatic heterocycles. The van der Waals surface area contributed by atoms with E-state index in [2.05, 4.69) is 30.5 Å². The number of rotatable bonds is 8. The molecule has 0 spiro atoms. The number of morpholine rings is 1. The lowest BCUT2D eigenvalue weighted by Gasteiger charge is -2.26. The monoisotopic (exact) mass is 489 g/mol. The lowest BCUT2D eigenvalue weighted by atomic mass is 10.2. The topological polar surface area (TPSA) is 97.7 Å². The first kappa shape index (κ1) is 26.2. The fourth-order valence-corrected chi connectivity index (χ4v) is 3.07.